The summed E-state index contributed by atoms with van der Waals surface area (Å²) >= 11 is 2.81. The molecule has 0 saturated carbocycles. The lowest BCUT2D eigenvalue weighted by Gasteiger charge is -2.11. The average molecular weight is 349 g/mol. The van der Waals surface area contributed by atoms with Crippen molar-refractivity contribution in [1.29, 1.82) is 0 Å². The number of hydrogen-bond donors (Lipinski definition) is 1. The van der Waals surface area contributed by atoms with Crippen LogP contribution in [0.1, 0.15) is 21.6 Å². The van der Waals surface area contributed by atoms with Gasteiger partial charge in [-0.25, -0.2) is 0 Å². The van der Waals surface area contributed by atoms with E-state index in [4.69, 9.17) is 0 Å². The van der Waals surface area contributed by atoms with Crippen molar-refractivity contribution in [2.75, 3.05) is 0 Å². The summed E-state index contributed by atoms with van der Waals surface area (Å²) in [6, 6.07) is 4.83. The van der Waals surface area contributed by atoms with Gasteiger partial charge in [0, 0.05) is 16.1 Å². The standard InChI is InChI=1S/C12H8BrF3N2O2/c13-10-2-1-7(5-9(10)12(14,15)16)11(19)17-6-8-3-4-20-18-8/h1-5H,6H2,(H,17,19). The Morgan fingerprint density at radius 1 is 1.35 bits per heavy atom. The van der Waals surface area contributed by atoms with Gasteiger partial charge >= 0.3 is 6.18 Å². The predicted octanol–water partition coefficient (Wildman–Crippen LogP) is 3.39. The van der Waals surface area contributed by atoms with Crippen molar-refractivity contribution in [1.82, 2.24) is 10.5 Å². The smallest absolute Gasteiger partial charge is 0.364 e. The molecule has 0 atom stereocenters. The molecular weight excluding hydrogens is 341 g/mol. The van der Waals surface area contributed by atoms with Gasteiger partial charge in [-0.2, -0.15) is 13.2 Å². The van der Waals surface area contributed by atoms with Gasteiger partial charge in [-0.05, 0) is 18.2 Å². The molecule has 0 spiro atoms. The van der Waals surface area contributed by atoms with Gasteiger partial charge in [-0.1, -0.05) is 21.1 Å². The van der Waals surface area contributed by atoms with Crippen LogP contribution < -0.4 is 5.32 Å². The van der Waals surface area contributed by atoms with Crippen LogP contribution in [-0.4, -0.2) is 11.1 Å². The van der Waals surface area contributed by atoms with E-state index in [-0.39, 0.29) is 16.6 Å². The molecule has 0 radical (unpaired) electrons. The normalized spacial score (nSPS) is 11.4. The van der Waals surface area contributed by atoms with Gasteiger partial charge in [0.2, 0.25) is 0 Å². The minimum atomic E-state index is -4.53. The van der Waals surface area contributed by atoms with Crippen LogP contribution in [0.3, 0.4) is 0 Å². The van der Waals surface area contributed by atoms with Gasteiger partial charge in [-0.15, -0.1) is 0 Å². The van der Waals surface area contributed by atoms with Crippen molar-refractivity contribution >= 4 is 21.8 Å². The average Bonchev–Trinajstić information content (AvgIpc) is 2.88. The van der Waals surface area contributed by atoms with E-state index in [9.17, 15) is 18.0 Å². The second-order valence-corrected chi connectivity index (χ2v) is 4.72. The molecule has 2 aromatic rings. The van der Waals surface area contributed by atoms with Gasteiger partial charge in [0.15, 0.2) is 0 Å². The summed E-state index contributed by atoms with van der Waals surface area (Å²) in [7, 11) is 0. The summed E-state index contributed by atoms with van der Waals surface area (Å²) < 4.78 is 42.6. The lowest BCUT2D eigenvalue weighted by Crippen LogP contribution is -2.23. The zero-order valence-electron chi connectivity index (χ0n) is 9.87. The number of carbonyl (C=O) groups excluding carboxylic acids is 1. The summed E-state index contributed by atoms with van der Waals surface area (Å²) in [6.45, 7) is 0.0761. The van der Waals surface area contributed by atoms with E-state index < -0.39 is 17.6 Å². The lowest BCUT2D eigenvalue weighted by atomic mass is 10.1. The second kappa shape index (κ2) is 5.66. The van der Waals surface area contributed by atoms with Gasteiger partial charge in [-0.3, -0.25) is 4.79 Å². The van der Waals surface area contributed by atoms with Gasteiger partial charge in [0.1, 0.15) is 12.0 Å². The Morgan fingerprint density at radius 3 is 2.70 bits per heavy atom. The van der Waals surface area contributed by atoms with Crippen LogP contribution >= 0.6 is 15.9 Å². The third-order valence-electron chi connectivity index (χ3n) is 2.46. The van der Waals surface area contributed by atoms with Crippen molar-refractivity contribution in [2.45, 2.75) is 12.7 Å². The van der Waals surface area contributed by atoms with Crippen LogP contribution in [0.25, 0.3) is 0 Å². The molecule has 0 aliphatic rings. The minimum absolute atomic E-state index is 0.0761. The molecule has 8 heteroatoms. The molecule has 1 aromatic carbocycles. The maximum atomic E-state index is 12.7. The van der Waals surface area contributed by atoms with E-state index in [1.54, 1.807) is 6.07 Å². The Balaban J connectivity index is 2.14. The molecule has 0 aliphatic heterocycles. The van der Waals surface area contributed by atoms with Crippen molar-refractivity contribution in [3.63, 3.8) is 0 Å². The van der Waals surface area contributed by atoms with Gasteiger partial charge in [0.05, 0.1) is 12.1 Å². The molecule has 0 aliphatic carbocycles. The Hall–Kier alpha value is -1.83. The molecule has 0 bridgehead atoms. The topological polar surface area (TPSA) is 55.1 Å². The van der Waals surface area contributed by atoms with Crippen LogP contribution in [-0.2, 0) is 12.7 Å². The summed E-state index contributed by atoms with van der Waals surface area (Å²) in [5, 5.41) is 6.03. The molecule has 1 N–H and O–H groups in total. The first kappa shape index (κ1) is 14.6. The van der Waals surface area contributed by atoms with Crippen LogP contribution in [0.2, 0.25) is 0 Å². The highest BCUT2D eigenvalue weighted by Gasteiger charge is 2.33. The van der Waals surface area contributed by atoms with E-state index in [1.807, 2.05) is 0 Å². The van der Waals surface area contributed by atoms with Crippen LogP contribution in [0.5, 0.6) is 0 Å². The first-order chi connectivity index (χ1) is 9.38. The Kier molecular flexibility index (Phi) is 4.12. The third-order valence-corrected chi connectivity index (χ3v) is 3.15. The molecule has 20 heavy (non-hydrogen) atoms. The number of amides is 1. The predicted molar refractivity (Wildman–Crippen MR) is 66.8 cm³/mol. The Bertz CT molecular complexity index is 612. The SMILES string of the molecule is O=C(NCc1ccon1)c1ccc(Br)c(C(F)(F)F)c1. The van der Waals surface area contributed by atoms with Crippen LogP contribution in [0, 0.1) is 0 Å². The molecule has 2 rings (SSSR count). The lowest BCUT2D eigenvalue weighted by molar-refractivity contribution is -0.138. The maximum Gasteiger partial charge on any atom is 0.417 e. The number of alkyl halides is 3. The molecule has 0 fully saturated rings. The fourth-order valence-electron chi connectivity index (χ4n) is 1.49. The van der Waals surface area contributed by atoms with Crippen LogP contribution in [0.15, 0.2) is 39.5 Å². The molecule has 1 amide bonds. The number of hydrogen-bond acceptors (Lipinski definition) is 3. The molecule has 1 heterocycles. The number of benzene rings is 1. The van der Waals surface area contributed by atoms with E-state index in [1.165, 1.54) is 18.4 Å². The highest BCUT2D eigenvalue weighted by atomic mass is 79.9. The fraction of sp³-hybridized carbons (Fsp3) is 0.167. The van der Waals surface area contributed by atoms with Crippen molar-refractivity contribution in [3.8, 4) is 0 Å². The largest absolute Gasteiger partial charge is 0.417 e. The summed E-state index contributed by atoms with van der Waals surface area (Å²) in [5.74, 6) is -0.619. The Morgan fingerprint density at radius 2 is 2.10 bits per heavy atom. The number of aromatic nitrogens is 1. The number of halogens is 4. The third kappa shape index (κ3) is 3.38. The number of rotatable bonds is 3. The molecule has 0 saturated heterocycles. The zero-order chi connectivity index (χ0) is 14.8. The van der Waals surface area contributed by atoms with Crippen molar-refractivity contribution < 1.29 is 22.5 Å². The minimum Gasteiger partial charge on any atom is -0.364 e. The second-order valence-electron chi connectivity index (χ2n) is 3.87. The molecule has 106 valence electrons. The van der Waals surface area contributed by atoms with Gasteiger partial charge in [0.25, 0.3) is 5.91 Å². The van der Waals surface area contributed by atoms with E-state index in [2.05, 4.69) is 30.9 Å². The maximum absolute atomic E-state index is 12.7. The van der Waals surface area contributed by atoms with E-state index in [0.29, 0.717) is 5.69 Å². The summed E-state index contributed by atoms with van der Waals surface area (Å²) in [5.41, 5.74) is -0.498. The first-order valence-corrected chi connectivity index (χ1v) is 6.21. The first-order valence-electron chi connectivity index (χ1n) is 5.42. The monoisotopic (exact) mass is 348 g/mol. The summed E-state index contributed by atoms with van der Waals surface area (Å²) in [4.78, 5) is 11.8. The quantitative estimate of drug-likeness (QED) is 0.924. The van der Waals surface area contributed by atoms with E-state index in [0.717, 1.165) is 6.07 Å². The highest BCUT2D eigenvalue weighted by molar-refractivity contribution is 9.10. The van der Waals surface area contributed by atoms with Gasteiger partial charge < -0.3 is 9.84 Å². The Labute approximate surface area is 120 Å². The number of nitrogens with one attached hydrogen (secondary N) is 1. The van der Waals surface area contributed by atoms with Crippen molar-refractivity contribution in [2.24, 2.45) is 0 Å². The fourth-order valence-corrected chi connectivity index (χ4v) is 1.96. The summed E-state index contributed by atoms with van der Waals surface area (Å²) in [6.07, 6.45) is -3.19. The van der Waals surface area contributed by atoms with Crippen molar-refractivity contribution in [3.05, 3.63) is 51.8 Å². The number of nitrogens with zero attached hydrogens (tertiary/aromatic N) is 1. The molecule has 0 unspecified atom stereocenters. The number of carbonyl (C=O) groups is 1. The zero-order valence-corrected chi connectivity index (χ0v) is 11.5. The molecule has 4 nitrogen and oxygen atoms in total. The van der Waals surface area contributed by atoms with Crippen LogP contribution in [0.4, 0.5) is 13.2 Å². The van der Waals surface area contributed by atoms with E-state index >= 15 is 0 Å². The molecular formula is C12H8BrF3N2O2. The highest BCUT2D eigenvalue weighted by Crippen LogP contribution is 2.35. The molecule has 1 aromatic heterocycles.